The summed E-state index contributed by atoms with van der Waals surface area (Å²) in [6.07, 6.45) is 0.652. The molecule has 0 spiro atoms. The van der Waals surface area contributed by atoms with E-state index in [0.717, 1.165) is 0 Å². The number of rotatable bonds is 1. The highest BCUT2D eigenvalue weighted by atomic mass is 16.1. The monoisotopic (exact) mass is 175 g/mol. The smallest absolute Gasteiger partial charge is 0.220 e. The Labute approximate surface area is 78.0 Å². The van der Waals surface area contributed by atoms with Crippen LogP contribution >= 0.6 is 0 Å². The summed E-state index contributed by atoms with van der Waals surface area (Å²) < 4.78 is 0. The lowest BCUT2D eigenvalue weighted by Gasteiger charge is -2.14. The van der Waals surface area contributed by atoms with Crippen molar-refractivity contribution < 1.29 is 4.79 Å². The van der Waals surface area contributed by atoms with Crippen LogP contribution < -0.4 is 5.32 Å². The van der Waals surface area contributed by atoms with Gasteiger partial charge in [0, 0.05) is 6.42 Å². The summed E-state index contributed by atoms with van der Waals surface area (Å²) in [5, 5.41) is 2.98. The topological polar surface area (TPSA) is 29.1 Å². The van der Waals surface area contributed by atoms with E-state index in [1.807, 2.05) is 18.2 Å². The first-order valence-corrected chi connectivity index (χ1v) is 4.61. The number of hydrogen-bond acceptors (Lipinski definition) is 1. The first-order valence-electron chi connectivity index (χ1n) is 4.61. The molecule has 1 aromatic rings. The van der Waals surface area contributed by atoms with Crippen LogP contribution in [-0.4, -0.2) is 5.91 Å². The average molecular weight is 175 g/mol. The quantitative estimate of drug-likeness (QED) is 0.693. The molecule has 0 aliphatic carbocycles. The van der Waals surface area contributed by atoms with Gasteiger partial charge in [0.2, 0.25) is 5.91 Å². The third kappa shape index (κ3) is 1.57. The first kappa shape index (κ1) is 8.30. The van der Waals surface area contributed by atoms with Crippen molar-refractivity contribution in [2.45, 2.75) is 19.4 Å². The Morgan fingerprint density at radius 1 is 1.31 bits per heavy atom. The van der Waals surface area contributed by atoms with E-state index >= 15 is 0 Å². The maximum absolute atomic E-state index is 11.1. The van der Waals surface area contributed by atoms with E-state index in [0.29, 0.717) is 12.3 Å². The van der Waals surface area contributed by atoms with E-state index in [4.69, 9.17) is 0 Å². The van der Waals surface area contributed by atoms with E-state index < -0.39 is 0 Å². The Morgan fingerprint density at radius 2 is 2.00 bits per heavy atom. The van der Waals surface area contributed by atoms with Gasteiger partial charge in [-0.3, -0.25) is 4.79 Å². The van der Waals surface area contributed by atoms with Gasteiger partial charge in [-0.25, -0.2) is 0 Å². The van der Waals surface area contributed by atoms with Gasteiger partial charge in [-0.05, 0) is 11.5 Å². The summed E-state index contributed by atoms with van der Waals surface area (Å²) >= 11 is 0. The second-order valence-corrected chi connectivity index (χ2v) is 3.64. The predicted octanol–water partition coefficient (Wildman–Crippen LogP) is 1.88. The van der Waals surface area contributed by atoms with Crippen molar-refractivity contribution in [2.75, 3.05) is 0 Å². The zero-order chi connectivity index (χ0) is 9.26. The van der Waals surface area contributed by atoms with Gasteiger partial charge in [0.15, 0.2) is 0 Å². The molecule has 2 rings (SSSR count). The minimum atomic E-state index is 0.168. The Hall–Kier alpha value is -1.31. The van der Waals surface area contributed by atoms with Crippen molar-refractivity contribution in [3.63, 3.8) is 0 Å². The van der Waals surface area contributed by atoms with Gasteiger partial charge >= 0.3 is 0 Å². The third-order valence-electron chi connectivity index (χ3n) is 2.55. The predicted molar refractivity (Wildman–Crippen MR) is 51.1 cm³/mol. The lowest BCUT2D eigenvalue weighted by Crippen LogP contribution is -2.19. The molecule has 0 radical (unpaired) electrons. The van der Waals surface area contributed by atoms with Crippen molar-refractivity contribution in [2.24, 2.45) is 5.92 Å². The summed E-state index contributed by atoms with van der Waals surface area (Å²) in [6.45, 7) is 2.11. The normalized spacial score (nSPS) is 27.3. The summed E-state index contributed by atoms with van der Waals surface area (Å²) in [5.41, 5.74) is 1.21. The molecule has 1 amide bonds. The van der Waals surface area contributed by atoms with Gasteiger partial charge in [0.1, 0.15) is 0 Å². The second kappa shape index (κ2) is 3.21. The van der Waals surface area contributed by atoms with E-state index in [9.17, 15) is 4.79 Å². The zero-order valence-corrected chi connectivity index (χ0v) is 7.66. The minimum Gasteiger partial charge on any atom is -0.349 e. The summed E-state index contributed by atoms with van der Waals surface area (Å²) in [5.74, 6) is 0.580. The Kier molecular flexibility index (Phi) is 2.05. The Morgan fingerprint density at radius 3 is 2.54 bits per heavy atom. The van der Waals surface area contributed by atoms with Crippen molar-refractivity contribution >= 4 is 5.91 Å². The molecular formula is C11H13NO. The van der Waals surface area contributed by atoms with Gasteiger partial charge < -0.3 is 5.32 Å². The molecule has 68 valence electrons. The summed E-state index contributed by atoms with van der Waals surface area (Å²) in [6, 6.07) is 10.3. The molecule has 2 nitrogen and oxygen atoms in total. The number of benzene rings is 1. The molecule has 1 aromatic carbocycles. The van der Waals surface area contributed by atoms with Crippen LogP contribution in [0.1, 0.15) is 24.9 Å². The largest absolute Gasteiger partial charge is 0.349 e. The molecule has 1 heterocycles. The highest BCUT2D eigenvalue weighted by Gasteiger charge is 2.29. The SMILES string of the molecule is C[C@@H]1CC(=O)N[C@H]1c1ccccc1. The molecule has 1 N–H and O–H groups in total. The van der Waals surface area contributed by atoms with Gasteiger partial charge in [-0.1, -0.05) is 37.3 Å². The van der Waals surface area contributed by atoms with Crippen LogP contribution in [0.25, 0.3) is 0 Å². The molecule has 1 aliphatic heterocycles. The van der Waals surface area contributed by atoms with Gasteiger partial charge in [0.25, 0.3) is 0 Å². The van der Waals surface area contributed by atoms with Crippen molar-refractivity contribution in [1.29, 1.82) is 0 Å². The van der Waals surface area contributed by atoms with Crippen LogP contribution in [0.3, 0.4) is 0 Å². The molecule has 0 aromatic heterocycles. The fourth-order valence-electron chi connectivity index (χ4n) is 1.86. The average Bonchev–Trinajstić information content (AvgIpc) is 2.47. The summed E-state index contributed by atoms with van der Waals surface area (Å²) in [4.78, 5) is 11.1. The fourth-order valence-corrected chi connectivity index (χ4v) is 1.86. The molecular weight excluding hydrogens is 162 g/mol. The molecule has 2 heteroatoms. The van der Waals surface area contributed by atoms with Gasteiger partial charge in [-0.15, -0.1) is 0 Å². The van der Waals surface area contributed by atoms with Crippen LogP contribution in [0.15, 0.2) is 30.3 Å². The molecule has 2 atom stereocenters. The van der Waals surface area contributed by atoms with E-state index in [1.165, 1.54) is 5.56 Å². The Bertz CT molecular complexity index is 307. The van der Waals surface area contributed by atoms with E-state index in [-0.39, 0.29) is 11.9 Å². The molecule has 1 saturated heterocycles. The van der Waals surface area contributed by atoms with Gasteiger partial charge in [-0.2, -0.15) is 0 Å². The van der Waals surface area contributed by atoms with E-state index in [1.54, 1.807) is 0 Å². The molecule has 13 heavy (non-hydrogen) atoms. The fraction of sp³-hybridized carbons (Fsp3) is 0.364. The Balaban J connectivity index is 2.23. The highest BCUT2D eigenvalue weighted by Crippen LogP contribution is 2.29. The highest BCUT2D eigenvalue weighted by molar-refractivity contribution is 5.79. The third-order valence-corrected chi connectivity index (χ3v) is 2.55. The number of carbonyl (C=O) groups is 1. The maximum atomic E-state index is 11.1. The number of nitrogens with one attached hydrogen (secondary N) is 1. The lowest BCUT2D eigenvalue weighted by molar-refractivity contribution is -0.119. The van der Waals surface area contributed by atoms with Crippen molar-refractivity contribution in [1.82, 2.24) is 5.32 Å². The molecule has 0 unspecified atom stereocenters. The van der Waals surface area contributed by atoms with Crippen LogP contribution in [-0.2, 0) is 4.79 Å². The summed E-state index contributed by atoms with van der Waals surface area (Å²) in [7, 11) is 0. The van der Waals surface area contributed by atoms with Crippen LogP contribution in [0, 0.1) is 5.92 Å². The molecule has 1 aliphatic rings. The van der Waals surface area contributed by atoms with Crippen molar-refractivity contribution in [3.05, 3.63) is 35.9 Å². The standard InChI is InChI=1S/C11H13NO/c1-8-7-10(13)12-11(8)9-5-3-2-4-6-9/h2-6,8,11H,7H2,1H3,(H,12,13)/t8-,11-/m1/s1. The van der Waals surface area contributed by atoms with Crippen LogP contribution in [0.5, 0.6) is 0 Å². The minimum absolute atomic E-state index is 0.168. The molecule has 0 bridgehead atoms. The second-order valence-electron chi connectivity index (χ2n) is 3.64. The van der Waals surface area contributed by atoms with Crippen molar-refractivity contribution in [3.8, 4) is 0 Å². The molecule has 0 saturated carbocycles. The molecule has 1 fully saturated rings. The number of hydrogen-bond donors (Lipinski definition) is 1. The first-order chi connectivity index (χ1) is 6.27. The zero-order valence-electron chi connectivity index (χ0n) is 7.66. The maximum Gasteiger partial charge on any atom is 0.220 e. The number of amides is 1. The van der Waals surface area contributed by atoms with E-state index in [2.05, 4.69) is 24.4 Å². The lowest BCUT2D eigenvalue weighted by atomic mass is 9.96. The van der Waals surface area contributed by atoms with Crippen LogP contribution in [0.2, 0.25) is 0 Å². The number of carbonyl (C=O) groups excluding carboxylic acids is 1. The van der Waals surface area contributed by atoms with Gasteiger partial charge in [0.05, 0.1) is 6.04 Å². The van der Waals surface area contributed by atoms with Crippen LogP contribution in [0.4, 0.5) is 0 Å².